The minimum Gasteiger partial charge on any atom is -0.384 e. The summed E-state index contributed by atoms with van der Waals surface area (Å²) in [4.78, 5) is 12.9. The Kier molecular flexibility index (Phi) is 4.60. The number of amidine groups is 1. The van der Waals surface area contributed by atoms with Crippen LogP contribution in [0.2, 0.25) is 0 Å². The van der Waals surface area contributed by atoms with E-state index >= 15 is 0 Å². The average Bonchev–Trinajstić information content (AvgIpc) is 3.58. The second-order valence-electron chi connectivity index (χ2n) is 8.74. The van der Waals surface area contributed by atoms with E-state index in [2.05, 4.69) is 28.6 Å². The van der Waals surface area contributed by atoms with Gasteiger partial charge in [0.15, 0.2) is 0 Å². The van der Waals surface area contributed by atoms with E-state index in [1.165, 1.54) is 5.56 Å². The Balaban J connectivity index is 1.23. The van der Waals surface area contributed by atoms with Crippen molar-refractivity contribution in [3.63, 3.8) is 0 Å². The first-order valence-corrected chi connectivity index (χ1v) is 11.1. The molecule has 2 aliphatic heterocycles. The third-order valence-corrected chi connectivity index (χ3v) is 6.68. The lowest BCUT2D eigenvalue weighted by molar-refractivity contribution is 0.0857. The number of nitrogens with one attached hydrogen (secondary N) is 2. The van der Waals surface area contributed by atoms with Crippen molar-refractivity contribution in [2.24, 2.45) is 5.73 Å². The molecule has 0 fully saturated rings. The van der Waals surface area contributed by atoms with Crippen molar-refractivity contribution in [1.29, 1.82) is 5.41 Å². The fraction of sp³-hybridized carbons (Fsp3) is 0.148. The number of nitrogens with zero attached hydrogens (tertiary/aromatic N) is 2. The van der Waals surface area contributed by atoms with Gasteiger partial charge in [-0.2, -0.15) is 5.10 Å². The zero-order chi connectivity index (χ0) is 23.4. The molecule has 2 atom stereocenters. The summed E-state index contributed by atoms with van der Waals surface area (Å²) < 4.78 is 8.14. The number of rotatable bonds is 5. The number of hydrogen-bond acceptors (Lipinski definition) is 4. The smallest absolute Gasteiger partial charge is 0.251 e. The molecule has 1 amide bonds. The van der Waals surface area contributed by atoms with Crippen LogP contribution in [0.1, 0.15) is 61.5 Å². The van der Waals surface area contributed by atoms with E-state index in [4.69, 9.17) is 15.9 Å². The summed E-state index contributed by atoms with van der Waals surface area (Å²) in [5, 5.41) is 14.9. The minimum absolute atomic E-state index is 0.0339. The van der Waals surface area contributed by atoms with Crippen molar-refractivity contribution in [1.82, 2.24) is 15.1 Å². The fourth-order valence-corrected chi connectivity index (χ4v) is 4.88. The van der Waals surface area contributed by atoms with Gasteiger partial charge in [-0.1, -0.05) is 24.3 Å². The highest BCUT2D eigenvalue weighted by Crippen LogP contribution is 2.54. The van der Waals surface area contributed by atoms with Crippen LogP contribution in [0.15, 0.2) is 73.1 Å². The Labute approximate surface area is 196 Å². The van der Waals surface area contributed by atoms with Gasteiger partial charge in [0.2, 0.25) is 0 Å². The average molecular weight is 450 g/mol. The molecule has 7 heteroatoms. The normalized spacial score (nSPS) is 17.3. The number of amides is 1. The Morgan fingerprint density at radius 1 is 1.03 bits per heavy atom. The first kappa shape index (κ1) is 20.4. The molecular weight excluding hydrogens is 426 g/mol. The van der Waals surface area contributed by atoms with Crippen molar-refractivity contribution in [2.75, 3.05) is 0 Å². The van der Waals surface area contributed by atoms with E-state index in [0.29, 0.717) is 17.7 Å². The van der Waals surface area contributed by atoms with E-state index in [9.17, 15) is 4.79 Å². The van der Waals surface area contributed by atoms with Gasteiger partial charge in [-0.25, -0.2) is 4.68 Å². The minimum atomic E-state index is -0.181. The maximum absolute atomic E-state index is 12.9. The van der Waals surface area contributed by atoms with Crippen LogP contribution in [0.5, 0.6) is 0 Å². The van der Waals surface area contributed by atoms with Crippen LogP contribution in [-0.2, 0) is 11.3 Å². The Morgan fingerprint density at radius 3 is 2.50 bits per heavy atom. The molecule has 168 valence electrons. The van der Waals surface area contributed by atoms with Crippen LogP contribution in [0.25, 0.3) is 5.69 Å². The van der Waals surface area contributed by atoms with Gasteiger partial charge in [0.05, 0.1) is 5.69 Å². The van der Waals surface area contributed by atoms with E-state index in [0.717, 1.165) is 33.5 Å². The van der Waals surface area contributed by atoms with Crippen molar-refractivity contribution in [3.8, 4) is 5.69 Å². The second kappa shape index (κ2) is 7.67. The van der Waals surface area contributed by atoms with Crippen LogP contribution < -0.4 is 11.1 Å². The van der Waals surface area contributed by atoms with Crippen molar-refractivity contribution in [3.05, 3.63) is 118 Å². The summed E-state index contributed by atoms with van der Waals surface area (Å²) >= 11 is 0. The Hall–Kier alpha value is -4.23. The zero-order valence-electron chi connectivity index (χ0n) is 18.6. The highest BCUT2D eigenvalue weighted by atomic mass is 16.5. The quantitative estimate of drug-likeness (QED) is 0.317. The van der Waals surface area contributed by atoms with Gasteiger partial charge in [0.25, 0.3) is 5.91 Å². The summed E-state index contributed by atoms with van der Waals surface area (Å²) in [5.41, 5.74) is 14.3. The molecule has 3 aromatic carbocycles. The first-order chi connectivity index (χ1) is 16.5. The summed E-state index contributed by atoms with van der Waals surface area (Å²) in [6, 6.07) is 19.6. The van der Waals surface area contributed by atoms with Gasteiger partial charge in [0.1, 0.15) is 18.0 Å². The fourth-order valence-electron chi connectivity index (χ4n) is 4.88. The third-order valence-electron chi connectivity index (χ3n) is 6.68. The highest BCUT2D eigenvalue weighted by molar-refractivity contribution is 5.95. The lowest BCUT2D eigenvalue weighted by Crippen LogP contribution is -2.23. The maximum Gasteiger partial charge on any atom is 0.251 e. The third kappa shape index (κ3) is 3.21. The van der Waals surface area contributed by atoms with E-state index in [1.807, 2.05) is 54.2 Å². The molecule has 1 aromatic heterocycles. The molecule has 0 saturated carbocycles. The van der Waals surface area contributed by atoms with Crippen LogP contribution in [0.3, 0.4) is 0 Å². The number of ether oxygens (including phenoxy) is 1. The van der Waals surface area contributed by atoms with Crippen molar-refractivity contribution >= 4 is 11.7 Å². The lowest BCUT2D eigenvalue weighted by Gasteiger charge is -2.18. The van der Waals surface area contributed by atoms with Crippen LogP contribution in [0.4, 0.5) is 0 Å². The van der Waals surface area contributed by atoms with Crippen LogP contribution in [0, 0.1) is 12.3 Å². The number of aryl methyl sites for hydroxylation is 1. The molecule has 3 heterocycles. The van der Waals surface area contributed by atoms with E-state index in [-0.39, 0.29) is 24.0 Å². The summed E-state index contributed by atoms with van der Waals surface area (Å²) in [5.74, 6) is -0.0993. The van der Waals surface area contributed by atoms with Gasteiger partial charge in [-0.05, 0) is 76.7 Å². The molecule has 0 spiro atoms. The molecule has 4 aromatic rings. The molecule has 4 N–H and O–H groups in total. The molecule has 0 unspecified atom stereocenters. The molecule has 7 nitrogen and oxygen atoms in total. The summed E-state index contributed by atoms with van der Waals surface area (Å²) in [6.45, 7) is 2.35. The Bertz CT molecular complexity index is 1460. The number of aromatic nitrogens is 2. The second-order valence-corrected chi connectivity index (χ2v) is 8.74. The predicted octanol–water partition coefficient (Wildman–Crippen LogP) is 3.92. The lowest BCUT2D eigenvalue weighted by atomic mass is 9.85. The van der Waals surface area contributed by atoms with Gasteiger partial charge in [0, 0.05) is 30.1 Å². The number of carbonyl (C=O) groups excluding carboxylic acids is 1. The van der Waals surface area contributed by atoms with Gasteiger partial charge in [-0.3, -0.25) is 10.2 Å². The van der Waals surface area contributed by atoms with Gasteiger partial charge < -0.3 is 15.8 Å². The van der Waals surface area contributed by atoms with Crippen molar-refractivity contribution < 1.29 is 9.53 Å². The van der Waals surface area contributed by atoms with Gasteiger partial charge >= 0.3 is 0 Å². The number of fused-ring (bicyclic) bond motifs is 8. The van der Waals surface area contributed by atoms with E-state index < -0.39 is 0 Å². The first-order valence-electron chi connectivity index (χ1n) is 11.1. The number of benzene rings is 3. The van der Waals surface area contributed by atoms with Crippen LogP contribution >= 0.6 is 0 Å². The molecule has 0 saturated heterocycles. The molecule has 34 heavy (non-hydrogen) atoms. The van der Waals surface area contributed by atoms with E-state index in [1.54, 1.807) is 12.3 Å². The number of nitrogens with two attached hydrogens (primary N) is 1. The highest BCUT2D eigenvalue weighted by Gasteiger charge is 2.43. The van der Waals surface area contributed by atoms with Crippen LogP contribution in [-0.4, -0.2) is 21.5 Å². The molecule has 2 bridgehead atoms. The van der Waals surface area contributed by atoms with Crippen molar-refractivity contribution in [2.45, 2.75) is 25.7 Å². The predicted molar refractivity (Wildman–Crippen MR) is 128 cm³/mol. The SMILES string of the molecule is Cc1cc(C(=N)N)ccc1CNC(=O)c1ccc2c(c1)[C@@H]1O[C@H]2c2ccc(-n3cccn3)cc21. The Morgan fingerprint density at radius 2 is 1.76 bits per heavy atom. The standard InChI is InChI=1S/C27H23N5O2/c1-15-11-16(26(28)29)3-4-18(15)14-30-27(33)17-5-7-20-22(12-17)25-23-13-19(32-10-2-9-31-32)6-8-21(23)24(20)34-25/h2-13,24-25H,14H2,1H3,(H3,28,29)(H,30,33)/t24-,25+/m1/s1. The summed E-state index contributed by atoms with van der Waals surface area (Å²) in [6.07, 6.45) is 3.40. The topological polar surface area (TPSA) is 106 Å². The molecule has 6 rings (SSSR count). The largest absolute Gasteiger partial charge is 0.384 e. The van der Waals surface area contributed by atoms with Gasteiger partial charge in [-0.15, -0.1) is 0 Å². The molecule has 0 radical (unpaired) electrons. The number of carbonyl (C=O) groups is 1. The number of hydrogen-bond donors (Lipinski definition) is 3. The zero-order valence-corrected chi connectivity index (χ0v) is 18.6. The summed E-state index contributed by atoms with van der Waals surface area (Å²) in [7, 11) is 0. The molecular formula is C27H23N5O2. The molecule has 2 aliphatic rings. The maximum atomic E-state index is 12.9. The molecule has 0 aliphatic carbocycles. The number of nitrogen functional groups attached to an aromatic ring is 1. The monoisotopic (exact) mass is 449 g/mol.